The number of hydrogen-bond acceptors (Lipinski definition) is 5. The Morgan fingerprint density at radius 1 is 1.47 bits per heavy atom. The molecule has 6 nitrogen and oxygen atoms in total. The highest BCUT2D eigenvalue weighted by molar-refractivity contribution is 5.36. The molecule has 0 aliphatic carbocycles. The largest absolute Gasteiger partial charge is 0.383 e. The number of aromatic amines is 1. The average molecular weight is 268 g/mol. The Kier molecular flexibility index (Phi) is 6.52. The van der Waals surface area contributed by atoms with Gasteiger partial charge in [0.15, 0.2) is 0 Å². The van der Waals surface area contributed by atoms with Crippen molar-refractivity contribution in [1.82, 2.24) is 15.3 Å². The predicted molar refractivity (Wildman–Crippen MR) is 77.0 cm³/mol. The Labute approximate surface area is 114 Å². The standard InChI is InChI=1S/C13H24N4O2/c1-10(2)13-15-11(9-12(18)16-13)17(3)7-5-14-6-8-19-4/h9-10,14H,5-8H2,1-4H3,(H,15,16,18). The molecular weight excluding hydrogens is 244 g/mol. The number of ether oxygens (including phenoxy) is 1. The van der Waals surface area contributed by atoms with E-state index in [0.717, 1.165) is 25.5 Å². The fourth-order valence-corrected chi connectivity index (χ4v) is 1.59. The van der Waals surface area contributed by atoms with Crippen molar-refractivity contribution in [2.24, 2.45) is 0 Å². The van der Waals surface area contributed by atoms with E-state index in [-0.39, 0.29) is 11.5 Å². The van der Waals surface area contributed by atoms with E-state index < -0.39 is 0 Å². The number of nitrogens with one attached hydrogen (secondary N) is 2. The summed E-state index contributed by atoms with van der Waals surface area (Å²) in [6.07, 6.45) is 0. The fraction of sp³-hybridized carbons (Fsp3) is 0.692. The predicted octanol–water partition coefficient (Wildman–Crippen LogP) is 0.566. The molecule has 0 aromatic carbocycles. The molecule has 19 heavy (non-hydrogen) atoms. The molecule has 0 saturated heterocycles. The Balaban J connectivity index is 2.56. The van der Waals surface area contributed by atoms with Gasteiger partial charge in [0.1, 0.15) is 11.6 Å². The van der Waals surface area contributed by atoms with Crippen LogP contribution < -0.4 is 15.8 Å². The highest BCUT2D eigenvalue weighted by Gasteiger charge is 2.08. The van der Waals surface area contributed by atoms with Crippen LogP contribution >= 0.6 is 0 Å². The Hall–Kier alpha value is -1.40. The molecule has 1 rings (SSSR count). The van der Waals surface area contributed by atoms with E-state index in [1.165, 1.54) is 6.07 Å². The lowest BCUT2D eigenvalue weighted by atomic mass is 10.2. The normalized spacial score (nSPS) is 11.0. The fourth-order valence-electron chi connectivity index (χ4n) is 1.59. The number of H-pyrrole nitrogens is 1. The second kappa shape index (κ2) is 7.91. The minimum Gasteiger partial charge on any atom is -0.383 e. The zero-order valence-electron chi connectivity index (χ0n) is 12.2. The third kappa shape index (κ3) is 5.40. The molecule has 0 saturated carbocycles. The van der Waals surface area contributed by atoms with E-state index in [4.69, 9.17) is 4.74 Å². The number of hydrogen-bond donors (Lipinski definition) is 2. The maximum absolute atomic E-state index is 11.6. The lowest BCUT2D eigenvalue weighted by Gasteiger charge is -2.19. The van der Waals surface area contributed by atoms with Crippen molar-refractivity contribution in [2.75, 3.05) is 45.3 Å². The molecule has 0 atom stereocenters. The summed E-state index contributed by atoms with van der Waals surface area (Å²) in [7, 11) is 3.62. The van der Waals surface area contributed by atoms with Crippen LogP contribution in [0.4, 0.5) is 5.82 Å². The van der Waals surface area contributed by atoms with Gasteiger partial charge in [0, 0.05) is 45.8 Å². The van der Waals surface area contributed by atoms with Crippen LogP contribution in [0.1, 0.15) is 25.6 Å². The number of nitrogens with zero attached hydrogens (tertiary/aromatic N) is 2. The summed E-state index contributed by atoms with van der Waals surface area (Å²) in [5.41, 5.74) is -0.104. The van der Waals surface area contributed by atoms with E-state index in [1.807, 2.05) is 25.8 Å². The third-order valence-electron chi connectivity index (χ3n) is 2.79. The maximum atomic E-state index is 11.6. The molecule has 0 bridgehead atoms. The topological polar surface area (TPSA) is 70.2 Å². The molecule has 1 aromatic heterocycles. The molecule has 1 aromatic rings. The van der Waals surface area contributed by atoms with Gasteiger partial charge in [-0.15, -0.1) is 0 Å². The molecule has 6 heteroatoms. The quantitative estimate of drug-likeness (QED) is 0.674. The highest BCUT2D eigenvalue weighted by Crippen LogP contribution is 2.11. The van der Waals surface area contributed by atoms with Crippen LogP contribution in [0.2, 0.25) is 0 Å². The Morgan fingerprint density at radius 2 is 2.21 bits per heavy atom. The summed E-state index contributed by atoms with van der Waals surface area (Å²) >= 11 is 0. The van der Waals surface area contributed by atoms with Crippen molar-refractivity contribution < 1.29 is 4.74 Å². The first-order valence-corrected chi connectivity index (χ1v) is 6.56. The molecule has 0 fully saturated rings. The zero-order chi connectivity index (χ0) is 14.3. The van der Waals surface area contributed by atoms with Crippen LogP contribution in [-0.2, 0) is 4.74 Å². The van der Waals surface area contributed by atoms with Gasteiger partial charge >= 0.3 is 0 Å². The monoisotopic (exact) mass is 268 g/mol. The van der Waals surface area contributed by atoms with Crippen molar-refractivity contribution in [3.63, 3.8) is 0 Å². The minimum absolute atomic E-state index is 0.104. The SMILES string of the molecule is COCCNCCN(C)c1cc(=O)[nH]c(C(C)C)n1. The van der Waals surface area contributed by atoms with Gasteiger partial charge in [0.25, 0.3) is 5.56 Å². The highest BCUT2D eigenvalue weighted by atomic mass is 16.5. The van der Waals surface area contributed by atoms with Crippen molar-refractivity contribution in [3.05, 3.63) is 22.2 Å². The summed E-state index contributed by atoms with van der Waals surface area (Å²) in [5.74, 6) is 1.64. The van der Waals surface area contributed by atoms with Crippen LogP contribution in [0, 0.1) is 0 Å². The van der Waals surface area contributed by atoms with Crippen LogP contribution in [-0.4, -0.2) is 50.4 Å². The summed E-state index contributed by atoms with van der Waals surface area (Å²) in [6.45, 7) is 7.15. The van der Waals surface area contributed by atoms with E-state index in [1.54, 1.807) is 7.11 Å². The van der Waals surface area contributed by atoms with Gasteiger partial charge in [-0.2, -0.15) is 0 Å². The lowest BCUT2D eigenvalue weighted by Crippen LogP contribution is -2.32. The zero-order valence-corrected chi connectivity index (χ0v) is 12.2. The molecule has 2 N–H and O–H groups in total. The lowest BCUT2D eigenvalue weighted by molar-refractivity contribution is 0.200. The van der Waals surface area contributed by atoms with Crippen LogP contribution in [0.5, 0.6) is 0 Å². The van der Waals surface area contributed by atoms with E-state index in [9.17, 15) is 4.79 Å². The van der Waals surface area contributed by atoms with Gasteiger partial charge in [0.2, 0.25) is 0 Å². The number of aromatic nitrogens is 2. The van der Waals surface area contributed by atoms with E-state index in [0.29, 0.717) is 12.4 Å². The van der Waals surface area contributed by atoms with Crippen LogP contribution in [0.15, 0.2) is 10.9 Å². The van der Waals surface area contributed by atoms with Crippen molar-refractivity contribution in [1.29, 1.82) is 0 Å². The van der Waals surface area contributed by atoms with Gasteiger partial charge in [-0.05, 0) is 0 Å². The van der Waals surface area contributed by atoms with Gasteiger partial charge in [-0.1, -0.05) is 13.8 Å². The molecular formula is C13H24N4O2. The van der Waals surface area contributed by atoms with E-state index >= 15 is 0 Å². The summed E-state index contributed by atoms with van der Waals surface area (Å²) in [4.78, 5) is 20.8. The second-order valence-electron chi connectivity index (χ2n) is 4.81. The third-order valence-corrected chi connectivity index (χ3v) is 2.79. The molecule has 0 aliphatic heterocycles. The molecule has 0 unspecified atom stereocenters. The molecule has 0 radical (unpaired) electrons. The van der Waals surface area contributed by atoms with Crippen molar-refractivity contribution in [2.45, 2.75) is 19.8 Å². The number of rotatable bonds is 8. The van der Waals surface area contributed by atoms with Gasteiger partial charge in [-0.3, -0.25) is 4.79 Å². The molecule has 1 heterocycles. The summed E-state index contributed by atoms with van der Waals surface area (Å²) in [5, 5.41) is 3.26. The minimum atomic E-state index is -0.104. The summed E-state index contributed by atoms with van der Waals surface area (Å²) in [6, 6.07) is 1.53. The average Bonchev–Trinajstić information content (AvgIpc) is 2.37. The number of likely N-dealkylation sites (N-methyl/N-ethyl adjacent to an activating group) is 1. The molecule has 0 aliphatic rings. The van der Waals surface area contributed by atoms with E-state index in [2.05, 4.69) is 15.3 Å². The van der Waals surface area contributed by atoms with Crippen LogP contribution in [0.3, 0.4) is 0 Å². The number of anilines is 1. The molecule has 0 amide bonds. The molecule has 0 spiro atoms. The maximum Gasteiger partial charge on any atom is 0.252 e. The van der Waals surface area contributed by atoms with Crippen molar-refractivity contribution >= 4 is 5.82 Å². The van der Waals surface area contributed by atoms with Gasteiger partial charge in [-0.25, -0.2) is 4.98 Å². The summed E-state index contributed by atoms with van der Waals surface area (Å²) < 4.78 is 4.96. The smallest absolute Gasteiger partial charge is 0.252 e. The van der Waals surface area contributed by atoms with Crippen LogP contribution in [0.25, 0.3) is 0 Å². The Morgan fingerprint density at radius 3 is 2.84 bits per heavy atom. The second-order valence-corrected chi connectivity index (χ2v) is 4.81. The first kappa shape index (κ1) is 15.7. The van der Waals surface area contributed by atoms with Gasteiger partial charge < -0.3 is 19.9 Å². The van der Waals surface area contributed by atoms with Crippen molar-refractivity contribution in [3.8, 4) is 0 Å². The van der Waals surface area contributed by atoms with Gasteiger partial charge in [0.05, 0.1) is 6.61 Å². The Bertz CT molecular complexity index is 431. The first-order valence-electron chi connectivity index (χ1n) is 6.56. The molecule has 108 valence electrons. The number of methoxy groups -OCH3 is 1. The first-order chi connectivity index (χ1) is 9.04.